The van der Waals surface area contributed by atoms with Gasteiger partial charge in [0.1, 0.15) is 6.61 Å². The first kappa shape index (κ1) is 20.2. The van der Waals surface area contributed by atoms with Crippen molar-refractivity contribution < 1.29 is 14.4 Å². The highest BCUT2D eigenvalue weighted by molar-refractivity contribution is 8.13. The number of rotatable bonds is 7. The van der Waals surface area contributed by atoms with E-state index >= 15 is 0 Å². The van der Waals surface area contributed by atoms with Crippen LogP contribution in [-0.4, -0.2) is 29.7 Å². The number of aryl methyl sites for hydroxylation is 1. The number of amidine groups is 1. The summed E-state index contributed by atoms with van der Waals surface area (Å²) in [5.41, 5.74) is 7.75. The summed E-state index contributed by atoms with van der Waals surface area (Å²) in [5.74, 6) is 0.299. The van der Waals surface area contributed by atoms with Crippen molar-refractivity contribution in [2.45, 2.75) is 13.5 Å². The van der Waals surface area contributed by atoms with Gasteiger partial charge in [-0.05, 0) is 24.8 Å². The van der Waals surface area contributed by atoms with Crippen LogP contribution in [0.3, 0.4) is 0 Å². The number of nitrogens with two attached hydrogens (primary N) is 1. The monoisotopic (exact) mass is 388 g/mol. The SMILES string of the molecule is COc1cc(/C=N\N=C(/N)SC)cc([N+](=O)[O-])c1OCc1cccc(C)c1. The second kappa shape index (κ2) is 9.58. The van der Waals surface area contributed by atoms with Crippen LogP contribution in [-0.2, 0) is 6.61 Å². The van der Waals surface area contributed by atoms with E-state index < -0.39 is 4.92 Å². The summed E-state index contributed by atoms with van der Waals surface area (Å²) in [5, 5.41) is 19.4. The van der Waals surface area contributed by atoms with Crippen LogP contribution in [0.2, 0.25) is 0 Å². The van der Waals surface area contributed by atoms with Crippen molar-refractivity contribution in [2.75, 3.05) is 13.4 Å². The molecule has 0 aliphatic rings. The lowest BCUT2D eigenvalue weighted by Gasteiger charge is -2.12. The highest BCUT2D eigenvalue weighted by atomic mass is 32.2. The van der Waals surface area contributed by atoms with E-state index in [1.165, 1.54) is 31.2 Å². The van der Waals surface area contributed by atoms with E-state index in [9.17, 15) is 10.1 Å². The fourth-order valence-electron chi connectivity index (χ4n) is 2.27. The Kier molecular flexibility index (Phi) is 7.18. The van der Waals surface area contributed by atoms with E-state index in [0.717, 1.165) is 11.1 Å². The minimum atomic E-state index is -0.523. The summed E-state index contributed by atoms with van der Waals surface area (Å²) in [6.45, 7) is 2.15. The molecule has 0 heterocycles. The zero-order valence-corrected chi connectivity index (χ0v) is 16.0. The van der Waals surface area contributed by atoms with Gasteiger partial charge in [0, 0.05) is 11.6 Å². The van der Waals surface area contributed by atoms with Crippen LogP contribution in [0.1, 0.15) is 16.7 Å². The van der Waals surface area contributed by atoms with Crippen molar-refractivity contribution in [3.05, 3.63) is 63.2 Å². The highest BCUT2D eigenvalue weighted by Crippen LogP contribution is 2.38. The Morgan fingerprint density at radius 1 is 1.37 bits per heavy atom. The Labute approximate surface area is 161 Å². The molecule has 2 N–H and O–H groups in total. The largest absolute Gasteiger partial charge is 0.493 e. The molecule has 0 aromatic heterocycles. The van der Waals surface area contributed by atoms with Gasteiger partial charge < -0.3 is 15.2 Å². The molecule has 0 saturated heterocycles. The van der Waals surface area contributed by atoms with Gasteiger partial charge in [-0.1, -0.05) is 41.6 Å². The van der Waals surface area contributed by atoms with Crippen LogP contribution in [0.5, 0.6) is 11.5 Å². The Bertz CT molecular complexity index is 884. The fourth-order valence-corrected chi connectivity index (χ4v) is 2.39. The molecule has 2 aromatic rings. The summed E-state index contributed by atoms with van der Waals surface area (Å²) in [4.78, 5) is 11.0. The van der Waals surface area contributed by atoms with Crippen LogP contribution >= 0.6 is 11.8 Å². The van der Waals surface area contributed by atoms with E-state index in [1.54, 1.807) is 12.3 Å². The number of hydrogen-bond donors (Lipinski definition) is 1. The van der Waals surface area contributed by atoms with Crippen molar-refractivity contribution in [1.29, 1.82) is 0 Å². The van der Waals surface area contributed by atoms with Crippen molar-refractivity contribution in [2.24, 2.45) is 15.9 Å². The maximum absolute atomic E-state index is 11.5. The number of nitro benzene ring substituents is 1. The van der Waals surface area contributed by atoms with Crippen LogP contribution in [0.15, 0.2) is 46.6 Å². The molecular formula is C18H20N4O4S. The van der Waals surface area contributed by atoms with Crippen molar-refractivity contribution in [3.8, 4) is 11.5 Å². The Balaban J connectivity index is 2.34. The number of benzene rings is 2. The summed E-state index contributed by atoms with van der Waals surface area (Å²) < 4.78 is 11.0. The highest BCUT2D eigenvalue weighted by Gasteiger charge is 2.22. The lowest BCUT2D eigenvalue weighted by molar-refractivity contribution is -0.386. The molecule has 0 atom stereocenters. The molecule has 0 bridgehead atoms. The lowest BCUT2D eigenvalue weighted by Crippen LogP contribution is -2.04. The maximum atomic E-state index is 11.5. The molecule has 0 spiro atoms. The number of hydrogen-bond acceptors (Lipinski definition) is 7. The van der Waals surface area contributed by atoms with Crippen LogP contribution < -0.4 is 15.2 Å². The molecule has 0 aliphatic heterocycles. The maximum Gasteiger partial charge on any atom is 0.315 e. The van der Waals surface area contributed by atoms with E-state index in [-0.39, 0.29) is 29.0 Å². The van der Waals surface area contributed by atoms with Gasteiger partial charge in [0.15, 0.2) is 10.9 Å². The fraction of sp³-hybridized carbons (Fsp3) is 0.222. The average Bonchev–Trinajstić information content (AvgIpc) is 2.65. The number of ether oxygens (including phenoxy) is 2. The first-order valence-corrected chi connectivity index (χ1v) is 9.12. The third kappa shape index (κ3) is 5.71. The molecule has 2 rings (SSSR count). The molecule has 142 valence electrons. The van der Waals surface area contributed by atoms with Gasteiger partial charge in [-0.2, -0.15) is 5.10 Å². The molecule has 0 radical (unpaired) electrons. The second-order valence-electron chi connectivity index (χ2n) is 5.49. The van der Waals surface area contributed by atoms with E-state index in [0.29, 0.717) is 5.56 Å². The molecule has 27 heavy (non-hydrogen) atoms. The zero-order valence-electron chi connectivity index (χ0n) is 15.2. The number of nitrogens with zero attached hydrogens (tertiary/aromatic N) is 3. The third-order valence-electron chi connectivity index (χ3n) is 3.51. The average molecular weight is 388 g/mol. The van der Waals surface area contributed by atoms with Gasteiger partial charge in [0.2, 0.25) is 5.75 Å². The third-order valence-corrected chi connectivity index (χ3v) is 4.01. The zero-order chi connectivity index (χ0) is 19.8. The first-order chi connectivity index (χ1) is 12.9. The lowest BCUT2D eigenvalue weighted by atomic mass is 10.1. The molecule has 9 heteroatoms. The number of thioether (sulfide) groups is 1. The molecule has 0 saturated carbocycles. The van der Waals surface area contributed by atoms with E-state index in [4.69, 9.17) is 15.2 Å². The molecule has 0 aliphatic carbocycles. The normalized spacial score (nSPS) is 11.6. The molecule has 0 amide bonds. The van der Waals surface area contributed by atoms with Gasteiger partial charge in [-0.15, -0.1) is 5.10 Å². The first-order valence-electron chi connectivity index (χ1n) is 7.90. The summed E-state index contributed by atoms with van der Waals surface area (Å²) in [6.07, 6.45) is 3.13. The predicted octanol–water partition coefficient (Wildman–Crippen LogP) is 3.50. The van der Waals surface area contributed by atoms with Gasteiger partial charge >= 0.3 is 5.69 Å². The molecule has 0 unspecified atom stereocenters. The topological polar surface area (TPSA) is 112 Å². The number of nitro groups is 1. The van der Waals surface area contributed by atoms with Gasteiger partial charge in [-0.3, -0.25) is 10.1 Å². The van der Waals surface area contributed by atoms with Gasteiger partial charge in [-0.25, -0.2) is 0 Å². The Hall–Kier alpha value is -3.07. The second-order valence-corrected chi connectivity index (χ2v) is 6.32. The smallest absolute Gasteiger partial charge is 0.315 e. The molecule has 2 aromatic carbocycles. The number of methoxy groups -OCH3 is 1. The van der Waals surface area contributed by atoms with Crippen molar-refractivity contribution >= 4 is 28.8 Å². The molecule has 0 fully saturated rings. The van der Waals surface area contributed by atoms with Crippen LogP contribution in [0, 0.1) is 17.0 Å². The summed E-state index contributed by atoms with van der Waals surface area (Å²) in [7, 11) is 1.42. The molecular weight excluding hydrogens is 368 g/mol. The summed E-state index contributed by atoms with van der Waals surface area (Å²) >= 11 is 1.24. The minimum Gasteiger partial charge on any atom is -0.493 e. The Morgan fingerprint density at radius 3 is 2.78 bits per heavy atom. The van der Waals surface area contributed by atoms with E-state index in [2.05, 4.69) is 10.2 Å². The van der Waals surface area contributed by atoms with E-state index in [1.807, 2.05) is 31.2 Å². The standard InChI is InChI=1S/C18H20N4O4S/c1-12-5-4-6-13(7-12)11-26-17-15(22(23)24)8-14(9-16(17)25-2)10-20-21-18(19)27-3/h4-10H,11H2,1-3H3,(H2,19,21)/b20-10-. The predicted molar refractivity (Wildman–Crippen MR) is 108 cm³/mol. The Morgan fingerprint density at radius 2 is 2.15 bits per heavy atom. The van der Waals surface area contributed by atoms with Crippen LogP contribution in [0.25, 0.3) is 0 Å². The van der Waals surface area contributed by atoms with Gasteiger partial charge in [0.25, 0.3) is 0 Å². The van der Waals surface area contributed by atoms with Gasteiger partial charge in [0.05, 0.1) is 18.2 Å². The summed E-state index contributed by atoms with van der Waals surface area (Å²) in [6, 6.07) is 10.6. The van der Waals surface area contributed by atoms with Crippen molar-refractivity contribution in [1.82, 2.24) is 0 Å². The quantitative estimate of drug-likeness (QED) is 0.336. The minimum absolute atomic E-state index is 0.0632. The molecule has 8 nitrogen and oxygen atoms in total. The van der Waals surface area contributed by atoms with Crippen molar-refractivity contribution in [3.63, 3.8) is 0 Å². The van der Waals surface area contributed by atoms with Crippen LogP contribution in [0.4, 0.5) is 5.69 Å².